The average molecular weight is 196 g/mol. The van der Waals surface area contributed by atoms with Crippen LogP contribution in [0.5, 0.6) is 0 Å². The van der Waals surface area contributed by atoms with Crippen LogP contribution in [0.2, 0.25) is 0 Å². The Labute approximate surface area is 90.6 Å². The lowest BCUT2D eigenvalue weighted by Gasteiger charge is -2.04. The normalized spacial score (nSPS) is 10.3. The summed E-state index contributed by atoms with van der Waals surface area (Å²) in [5, 5.41) is 0. The Hall–Kier alpha value is -1.60. The van der Waals surface area contributed by atoms with Gasteiger partial charge in [0.1, 0.15) is 0 Å². The standard InChI is InChI=1S/C14H14N/c1-11-5-7-13(8-6-11)14-4-2-3-12(9-14)10-15/h2-9H,1,10,15H2. The van der Waals surface area contributed by atoms with Gasteiger partial charge in [-0.25, -0.2) is 0 Å². The van der Waals surface area contributed by atoms with Gasteiger partial charge < -0.3 is 5.73 Å². The van der Waals surface area contributed by atoms with E-state index in [9.17, 15) is 0 Å². The van der Waals surface area contributed by atoms with Crippen molar-refractivity contribution in [2.45, 2.75) is 6.54 Å². The van der Waals surface area contributed by atoms with E-state index in [0.717, 1.165) is 11.1 Å². The molecule has 0 saturated heterocycles. The summed E-state index contributed by atoms with van der Waals surface area (Å²) in [5.41, 5.74) is 10.2. The third-order valence-corrected chi connectivity index (χ3v) is 2.45. The van der Waals surface area contributed by atoms with Crippen LogP contribution in [-0.4, -0.2) is 0 Å². The van der Waals surface area contributed by atoms with E-state index in [1.165, 1.54) is 11.1 Å². The molecule has 1 heteroatoms. The second kappa shape index (κ2) is 4.28. The second-order valence-electron chi connectivity index (χ2n) is 3.60. The number of nitrogens with two attached hydrogens (primary N) is 1. The molecule has 2 rings (SSSR count). The predicted molar refractivity (Wildman–Crippen MR) is 64.2 cm³/mol. The van der Waals surface area contributed by atoms with Gasteiger partial charge in [0.15, 0.2) is 0 Å². The Bertz CT molecular complexity index is 443. The van der Waals surface area contributed by atoms with Crippen molar-refractivity contribution in [3.8, 4) is 11.1 Å². The van der Waals surface area contributed by atoms with Crippen molar-refractivity contribution in [1.82, 2.24) is 0 Å². The van der Waals surface area contributed by atoms with Crippen LogP contribution in [0, 0.1) is 6.92 Å². The molecule has 1 nitrogen and oxygen atoms in total. The number of hydrogen-bond acceptors (Lipinski definition) is 1. The molecule has 75 valence electrons. The van der Waals surface area contributed by atoms with Crippen LogP contribution in [-0.2, 0) is 6.54 Å². The highest BCUT2D eigenvalue weighted by Crippen LogP contribution is 2.20. The zero-order chi connectivity index (χ0) is 10.7. The Kier molecular flexibility index (Phi) is 2.84. The van der Waals surface area contributed by atoms with E-state index in [4.69, 9.17) is 5.73 Å². The molecular formula is C14H14N. The van der Waals surface area contributed by atoms with E-state index in [0.29, 0.717) is 6.54 Å². The average Bonchev–Trinajstić information content (AvgIpc) is 2.30. The lowest BCUT2D eigenvalue weighted by molar-refractivity contribution is 1.07. The zero-order valence-corrected chi connectivity index (χ0v) is 8.61. The van der Waals surface area contributed by atoms with Gasteiger partial charge in [-0.3, -0.25) is 0 Å². The van der Waals surface area contributed by atoms with E-state index >= 15 is 0 Å². The SMILES string of the molecule is [CH2]c1ccc(-c2cccc(CN)c2)cc1. The monoisotopic (exact) mass is 196 g/mol. The maximum Gasteiger partial charge on any atom is 0.0178 e. The summed E-state index contributed by atoms with van der Waals surface area (Å²) in [7, 11) is 0. The molecule has 0 saturated carbocycles. The molecule has 0 aliphatic heterocycles. The Morgan fingerprint density at radius 3 is 2.33 bits per heavy atom. The minimum Gasteiger partial charge on any atom is -0.326 e. The van der Waals surface area contributed by atoms with E-state index in [1.807, 2.05) is 24.3 Å². The fourth-order valence-electron chi connectivity index (χ4n) is 1.58. The predicted octanol–water partition coefficient (Wildman–Crippen LogP) is 2.99. The molecule has 0 heterocycles. The van der Waals surface area contributed by atoms with Gasteiger partial charge in [0, 0.05) is 6.54 Å². The zero-order valence-electron chi connectivity index (χ0n) is 8.61. The Balaban J connectivity index is 2.40. The van der Waals surface area contributed by atoms with Gasteiger partial charge in [-0.2, -0.15) is 0 Å². The van der Waals surface area contributed by atoms with Gasteiger partial charge in [-0.05, 0) is 35.2 Å². The van der Waals surface area contributed by atoms with Crippen molar-refractivity contribution in [3.63, 3.8) is 0 Å². The first-order valence-corrected chi connectivity index (χ1v) is 5.01. The highest BCUT2D eigenvalue weighted by Gasteiger charge is 1.97. The highest BCUT2D eigenvalue weighted by molar-refractivity contribution is 5.64. The Morgan fingerprint density at radius 2 is 1.67 bits per heavy atom. The summed E-state index contributed by atoms with van der Waals surface area (Å²) in [5.74, 6) is 0. The van der Waals surface area contributed by atoms with Crippen molar-refractivity contribution < 1.29 is 0 Å². The molecule has 2 aromatic rings. The van der Waals surface area contributed by atoms with Crippen molar-refractivity contribution in [2.24, 2.45) is 5.73 Å². The molecule has 15 heavy (non-hydrogen) atoms. The molecule has 0 amide bonds. The topological polar surface area (TPSA) is 26.0 Å². The van der Waals surface area contributed by atoms with E-state index in [-0.39, 0.29) is 0 Å². The molecule has 0 aliphatic carbocycles. The summed E-state index contributed by atoms with van der Waals surface area (Å²) < 4.78 is 0. The first kappa shape index (κ1) is 9.94. The third kappa shape index (κ3) is 2.25. The molecule has 0 spiro atoms. The summed E-state index contributed by atoms with van der Waals surface area (Å²) in [6.45, 7) is 4.45. The number of hydrogen-bond donors (Lipinski definition) is 1. The van der Waals surface area contributed by atoms with Crippen molar-refractivity contribution in [2.75, 3.05) is 0 Å². The van der Waals surface area contributed by atoms with Gasteiger partial charge in [0.05, 0.1) is 0 Å². The molecule has 0 aliphatic rings. The summed E-state index contributed by atoms with van der Waals surface area (Å²) in [6.07, 6.45) is 0. The molecule has 2 aromatic carbocycles. The molecule has 2 N–H and O–H groups in total. The summed E-state index contributed by atoms with van der Waals surface area (Å²) >= 11 is 0. The third-order valence-electron chi connectivity index (χ3n) is 2.45. The first-order valence-electron chi connectivity index (χ1n) is 5.01. The van der Waals surface area contributed by atoms with Gasteiger partial charge in [0.25, 0.3) is 0 Å². The molecule has 0 fully saturated rings. The first-order chi connectivity index (χ1) is 7.29. The smallest absolute Gasteiger partial charge is 0.0178 e. The largest absolute Gasteiger partial charge is 0.326 e. The summed E-state index contributed by atoms with van der Waals surface area (Å²) in [4.78, 5) is 0. The molecule has 0 atom stereocenters. The molecule has 0 bridgehead atoms. The van der Waals surface area contributed by atoms with Crippen LogP contribution in [0.15, 0.2) is 48.5 Å². The van der Waals surface area contributed by atoms with Crippen LogP contribution < -0.4 is 5.73 Å². The van der Waals surface area contributed by atoms with Crippen LogP contribution in [0.3, 0.4) is 0 Å². The molecule has 0 unspecified atom stereocenters. The van der Waals surface area contributed by atoms with Crippen LogP contribution >= 0.6 is 0 Å². The lowest BCUT2D eigenvalue weighted by atomic mass is 10.0. The minimum absolute atomic E-state index is 0.585. The van der Waals surface area contributed by atoms with E-state index in [1.54, 1.807) is 0 Å². The van der Waals surface area contributed by atoms with Crippen molar-refractivity contribution in [3.05, 3.63) is 66.6 Å². The fourth-order valence-corrected chi connectivity index (χ4v) is 1.58. The van der Waals surface area contributed by atoms with E-state index in [2.05, 4.69) is 31.2 Å². The van der Waals surface area contributed by atoms with Crippen LogP contribution in [0.25, 0.3) is 11.1 Å². The van der Waals surface area contributed by atoms with Crippen LogP contribution in [0.1, 0.15) is 11.1 Å². The maximum absolute atomic E-state index is 5.61. The molecule has 0 aromatic heterocycles. The summed E-state index contributed by atoms with van der Waals surface area (Å²) in [6, 6.07) is 16.5. The minimum atomic E-state index is 0.585. The van der Waals surface area contributed by atoms with Crippen LogP contribution in [0.4, 0.5) is 0 Å². The highest BCUT2D eigenvalue weighted by atomic mass is 14.5. The van der Waals surface area contributed by atoms with Gasteiger partial charge >= 0.3 is 0 Å². The second-order valence-corrected chi connectivity index (χ2v) is 3.60. The number of benzene rings is 2. The molecule has 1 radical (unpaired) electrons. The van der Waals surface area contributed by atoms with Gasteiger partial charge in [-0.15, -0.1) is 0 Å². The van der Waals surface area contributed by atoms with Crippen molar-refractivity contribution >= 4 is 0 Å². The quantitative estimate of drug-likeness (QED) is 0.785. The van der Waals surface area contributed by atoms with Gasteiger partial charge in [-0.1, -0.05) is 42.5 Å². The molecular weight excluding hydrogens is 182 g/mol. The Morgan fingerprint density at radius 1 is 0.933 bits per heavy atom. The van der Waals surface area contributed by atoms with Crippen molar-refractivity contribution in [1.29, 1.82) is 0 Å². The maximum atomic E-state index is 5.61. The van der Waals surface area contributed by atoms with E-state index < -0.39 is 0 Å². The fraction of sp³-hybridized carbons (Fsp3) is 0.0714. The number of rotatable bonds is 2. The lowest BCUT2D eigenvalue weighted by Crippen LogP contribution is -1.95. The van der Waals surface area contributed by atoms with Gasteiger partial charge in [0.2, 0.25) is 0 Å².